The minimum Gasteiger partial charge on any atom is -0.477 e. The molecule has 2 aliphatic rings. The molecule has 1 amide bonds. The number of carboxylic acids is 1. The van der Waals surface area contributed by atoms with E-state index in [4.69, 9.17) is 21.1 Å². The summed E-state index contributed by atoms with van der Waals surface area (Å²) in [4.78, 5) is 27.5. The number of hydrogen-bond acceptors (Lipinski definition) is 9. The third kappa shape index (κ3) is 7.12. The average Bonchev–Trinajstić information content (AvgIpc) is 3.41. The Morgan fingerprint density at radius 3 is 2.44 bits per heavy atom. The van der Waals surface area contributed by atoms with E-state index in [0.29, 0.717) is 38.5 Å². The molecule has 1 saturated carbocycles. The molecule has 1 aliphatic carbocycles. The molecule has 10 nitrogen and oxygen atoms in total. The van der Waals surface area contributed by atoms with Gasteiger partial charge in [-0.25, -0.2) is 9.59 Å². The number of nitrogens with one attached hydrogen (secondary N) is 1. The number of rotatable bonds is 8. The number of fused-ring (bicyclic) bond motifs is 1. The van der Waals surface area contributed by atoms with Gasteiger partial charge in [0.15, 0.2) is 0 Å². The first-order valence-electron chi connectivity index (χ1n) is 14.9. The summed E-state index contributed by atoms with van der Waals surface area (Å²) in [6, 6.07) is 14.6. The van der Waals surface area contributed by atoms with Crippen LogP contribution >= 0.6 is 33.7 Å². The van der Waals surface area contributed by atoms with Gasteiger partial charge in [-0.2, -0.15) is 4.31 Å². The van der Waals surface area contributed by atoms with E-state index in [-0.39, 0.29) is 23.2 Å². The summed E-state index contributed by atoms with van der Waals surface area (Å²) in [7, 11) is -0.214. The maximum atomic E-state index is 12.6. The second kappa shape index (κ2) is 13.5. The lowest BCUT2D eigenvalue weighted by Gasteiger charge is -2.46. The van der Waals surface area contributed by atoms with E-state index in [9.17, 15) is 23.8 Å². The van der Waals surface area contributed by atoms with Gasteiger partial charge in [0.05, 0.1) is 26.9 Å². The van der Waals surface area contributed by atoms with Crippen LogP contribution in [-0.2, 0) is 9.47 Å². The van der Waals surface area contributed by atoms with Crippen molar-refractivity contribution in [2.75, 3.05) is 37.5 Å². The van der Waals surface area contributed by atoms with Crippen LogP contribution in [0, 0.1) is 5.92 Å². The van der Waals surface area contributed by atoms with Crippen LogP contribution in [0.3, 0.4) is 0 Å². The topological polar surface area (TPSA) is 132 Å². The minimum atomic E-state index is -3.49. The molecule has 1 atom stereocenters. The lowest BCUT2D eigenvalue weighted by atomic mass is 9.83. The van der Waals surface area contributed by atoms with Gasteiger partial charge in [-0.15, -0.1) is 22.1 Å². The van der Waals surface area contributed by atoms with Gasteiger partial charge in [-0.3, -0.25) is 14.4 Å². The Balaban J connectivity index is 1.57. The zero-order chi connectivity index (χ0) is 32.5. The summed E-state index contributed by atoms with van der Waals surface area (Å²) in [5, 5.41) is 12.8. The monoisotopic (exact) mass is 677 g/mol. The zero-order valence-electron chi connectivity index (χ0n) is 25.8. The highest BCUT2D eigenvalue weighted by atomic mass is 35.5. The number of aromatic carboxylic acids is 1. The molecule has 1 unspecified atom stereocenters. The SMILES string of the molecule is COC(C)(C)COC(=O)Nc1cc(-c2cc3c(cc2Cl)N(c2ccccc2)CC(C2CCCCC2)N(C)S3(O)O)sc1C(=O)O. The third-order valence-electron chi connectivity index (χ3n) is 8.67. The molecular weight excluding hydrogens is 638 g/mol. The minimum absolute atomic E-state index is 0.0423. The molecule has 2 heterocycles. The summed E-state index contributed by atoms with van der Waals surface area (Å²) < 4.78 is 36.1. The van der Waals surface area contributed by atoms with Crippen molar-refractivity contribution in [2.45, 2.75) is 62.5 Å². The summed E-state index contributed by atoms with van der Waals surface area (Å²) in [6.07, 6.45) is 4.61. The first kappa shape index (κ1) is 33.5. The lowest BCUT2D eigenvalue weighted by molar-refractivity contribution is -0.0262. The van der Waals surface area contributed by atoms with Crippen LogP contribution in [0.2, 0.25) is 5.02 Å². The first-order chi connectivity index (χ1) is 21.3. The molecule has 4 N–H and O–H groups in total. The van der Waals surface area contributed by atoms with E-state index in [0.717, 1.165) is 42.7 Å². The smallest absolute Gasteiger partial charge is 0.411 e. The van der Waals surface area contributed by atoms with Crippen LogP contribution in [0.5, 0.6) is 0 Å². The molecule has 1 aliphatic heterocycles. The zero-order valence-corrected chi connectivity index (χ0v) is 28.2. The van der Waals surface area contributed by atoms with E-state index >= 15 is 0 Å². The molecule has 244 valence electrons. The Labute approximate surface area is 274 Å². The highest BCUT2D eigenvalue weighted by molar-refractivity contribution is 8.22. The first-order valence-corrected chi connectivity index (χ1v) is 17.6. The summed E-state index contributed by atoms with van der Waals surface area (Å²) in [5.41, 5.74) is 1.23. The fraction of sp³-hybridized carbons (Fsp3) is 0.438. The number of para-hydroxylation sites is 1. The number of halogens is 1. The molecule has 13 heteroatoms. The second-order valence-corrected chi connectivity index (χ2v) is 15.6. The number of hydrogen-bond donors (Lipinski definition) is 4. The number of ether oxygens (including phenoxy) is 2. The maximum absolute atomic E-state index is 12.6. The van der Waals surface area contributed by atoms with E-state index in [2.05, 4.69) is 10.2 Å². The Bertz CT molecular complexity index is 1540. The van der Waals surface area contributed by atoms with Gasteiger partial charge in [-0.05, 0) is 62.9 Å². The molecule has 1 fully saturated rings. The van der Waals surface area contributed by atoms with Gasteiger partial charge >= 0.3 is 12.1 Å². The molecule has 0 bridgehead atoms. The van der Waals surface area contributed by atoms with Gasteiger partial charge in [0.2, 0.25) is 0 Å². The third-order valence-corrected chi connectivity index (χ3v) is 12.1. The quantitative estimate of drug-likeness (QED) is 0.185. The molecule has 5 rings (SSSR count). The number of benzene rings is 2. The van der Waals surface area contributed by atoms with Crippen LogP contribution in [0.15, 0.2) is 53.4 Å². The maximum Gasteiger partial charge on any atom is 0.411 e. The number of thiophene rings is 1. The van der Waals surface area contributed by atoms with E-state index in [1.54, 1.807) is 37.3 Å². The average molecular weight is 678 g/mol. The van der Waals surface area contributed by atoms with Crippen LogP contribution < -0.4 is 10.2 Å². The molecule has 2 aromatic carbocycles. The van der Waals surface area contributed by atoms with E-state index < -0.39 is 28.4 Å². The molecule has 0 spiro atoms. The van der Waals surface area contributed by atoms with E-state index in [1.807, 2.05) is 30.3 Å². The molecule has 3 aromatic rings. The lowest BCUT2D eigenvalue weighted by Crippen LogP contribution is -2.45. The van der Waals surface area contributed by atoms with Crippen molar-refractivity contribution in [3.05, 3.63) is 58.4 Å². The summed E-state index contributed by atoms with van der Waals surface area (Å²) in [5.74, 6) is -0.942. The number of carbonyl (C=O) groups excluding carboxylic acids is 1. The van der Waals surface area contributed by atoms with Crippen molar-refractivity contribution in [3.63, 3.8) is 0 Å². The van der Waals surface area contributed by atoms with Crippen LogP contribution in [0.25, 0.3) is 10.4 Å². The van der Waals surface area contributed by atoms with Gasteiger partial charge in [0, 0.05) is 42.9 Å². The van der Waals surface area contributed by atoms with Crippen molar-refractivity contribution < 1.29 is 33.3 Å². The summed E-state index contributed by atoms with van der Waals surface area (Å²) >= 11 is 7.84. The predicted octanol–water partition coefficient (Wildman–Crippen LogP) is 8.80. The van der Waals surface area contributed by atoms with Crippen molar-refractivity contribution in [1.82, 2.24) is 4.31 Å². The number of nitrogens with zero attached hydrogens (tertiary/aromatic N) is 2. The number of carbonyl (C=O) groups is 2. The fourth-order valence-corrected chi connectivity index (χ4v) is 8.89. The number of amides is 1. The second-order valence-electron chi connectivity index (χ2n) is 12.1. The van der Waals surface area contributed by atoms with Crippen LogP contribution in [0.1, 0.15) is 55.6 Å². The highest BCUT2D eigenvalue weighted by Crippen LogP contribution is 2.61. The number of methoxy groups -OCH3 is 1. The van der Waals surface area contributed by atoms with Gasteiger partial charge in [-0.1, -0.05) is 49.1 Å². The predicted molar refractivity (Wildman–Crippen MR) is 180 cm³/mol. The van der Waals surface area contributed by atoms with Gasteiger partial charge in [0.25, 0.3) is 0 Å². The van der Waals surface area contributed by atoms with Gasteiger partial charge < -0.3 is 19.5 Å². The number of likely N-dealkylation sites (N-methyl/N-ethyl adjacent to an activating group) is 1. The van der Waals surface area contributed by atoms with E-state index in [1.165, 1.54) is 19.6 Å². The van der Waals surface area contributed by atoms with Crippen molar-refractivity contribution in [3.8, 4) is 10.4 Å². The normalized spacial score (nSPS) is 19.8. The Morgan fingerprint density at radius 2 is 1.80 bits per heavy atom. The molecule has 0 radical (unpaired) electrons. The Hall–Kier alpha value is -2.84. The largest absolute Gasteiger partial charge is 0.477 e. The van der Waals surface area contributed by atoms with Gasteiger partial charge in [0.1, 0.15) is 11.5 Å². The van der Waals surface area contributed by atoms with Crippen molar-refractivity contribution in [2.24, 2.45) is 5.92 Å². The fourth-order valence-electron chi connectivity index (χ4n) is 5.94. The number of carboxylic acid groups (broad SMARTS) is 1. The van der Waals surface area contributed by atoms with Crippen molar-refractivity contribution >= 4 is 62.8 Å². The molecule has 1 aromatic heterocycles. The molecule has 0 saturated heterocycles. The van der Waals surface area contributed by atoms with Crippen LogP contribution in [-0.4, -0.2) is 69.5 Å². The molecule has 45 heavy (non-hydrogen) atoms. The summed E-state index contributed by atoms with van der Waals surface area (Å²) in [6.45, 7) is 4.01. The highest BCUT2D eigenvalue weighted by Gasteiger charge is 2.41. The molecular formula is C32H40ClN3O7S2. The Morgan fingerprint density at radius 1 is 1.11 bits per heavy atom. The number of anilines is 3. The van der Waals surface area contributed by atoms with Crippen LogP contribution in [0.4, 0.5) is 21.9 Å². The standard InChI is InChI=1S/C32H40ClN3O7S2/c1-32(2,42-4)19-43-31(39)34-24-17-27(44-29(24)30(37)38)22-15-28-25(16-23(22)33)36(21-13-9-6-10-14-21)18-26(35(3)45(28,40)41)20-11-7-5-8-12-20/h6,9-10,13-17,20,26,40-41H,5,7-8,11-12,18-19H2,1-4H3,(H,34,39)(H,37,38). The Kier molecular flexibility index (Phi) is 10.0. The van der Waals surface area contributed by atoms with Crippen molar-refractivity contribution in [1.29, 1.82) is 0 Å².